The van der Waals surface area contributed by atoms with E-state index in [0.717, 1.165) is 13.2 Å². The van der Waals surface area contributed by atoms with Crippen LogP contribution in [0.25, 0.3) is 0 Å². The van der Waals surface area contributed by atoms with Crippen molar-refractivity contribution in [2.45, 2.75) is 32.0 Å². The largest absolute Gasteiger partial charge is 0.375 e. The average molecular weight is 192 g/mol. The van der Waals surface area contributed by atoms with E-state index in [1.165, 1.54) is 13.3 Å². The SMILES string of the molecule is C1CC(C2CO2)O1.C=C(C)C(F)F. The first-order valence-electron chi connectivity index (χ1n) is 4.28. The van der Waals surface area contributed by atoms with Gasteiger partial charge < -0.3 is 9.47 Å². The summed E-state index contributed by atoms with van der Waals surface area (Å²) in [5.74, 6) is 0. The zero-order chi connectivity index (χ0) is 9.84. The highest BCUT2D eigenvalue weighted by atomic mass is 19.3. The lowest BCUT2D eigenvalue weighted by molar-refractivity contribution is -0.0642. The third-order valence-corrected chi connectivity index (χ3v) is 1.88. The van der Waals surface area contributed by atoms with Gasteiger partial charge in [-0.3, -0.25) is 0 Å². The molecule has 76 valence electrons. The molecule has 2 aliphatic rings. The molecule has 0 spiro atoms. The molecule has 0 amide bonds. The summed E-state index contributed by atoms with van der Waals surface area (Å²) < 4.78 is 32.2. The van der Waals surface area contributed by atoms with Crippen molar-refractivity contribution in [1.82, 2.24) is 0 Å². The van der Waals surface area contributed by atoms with Crippen molar-refractivity contribution in [2.75, 3.05) is 13.2 Å². The van der Waals surface area contributed by atoms with E-state index in [1.807, 2.05) is 0 Å². The van der Waals surface area contributed by atoms with Crippen LogP contribution in [0.2, 0.25) is 0 Å². The van der Waals surface area contributed by atoms with E-state index in [0.29, 0.717) is 12.2 Å². The molecular formula is C9H14F2O2. The number of halogens is 2. The number of allylic oxidation sites excluding steroid dienone is 1. The van der Waals surface area contributed by atoms with Crippen molar-refractivity contribution in [1.29, 1.82) is 0 Å². The van der Waals surface area contributed by atoms with Gasteiger partial charge in [-0.25, -0.2) is 8.78 Å². The second-order valence-electron chi connectivity index (χ2n) is 3.22. The van der Waals surface area contributed by atoms with Gasteiger partial charge in [0.2, 0.25) is 0 Å². The van der Waals surface area contributed by atoms with Gasteiger partial charge in [0.05, 0.1) is 12.7 Å². The first-order chi connectivity index (χ1) is 6.11. The number of rotatable bonds is 2. The van der Waals surface area contributed by atoms with Crippen LogP contribution in [0.15, 0.2) is 12.2 Å². The molecule has 2 fully saturated rings. The summed E-state index contributed by atoms with van der Waals surface area (Å²) >= 11 is 0. The first-order valence-corrected chi connectivity index (χ1v) is 4.28. The Labute approximate surface area is 76.5 Å². The predicted octanol–water partition coefficient (Wildman–Crippen LogP) is 2.00. The van der Waals surface area contributed by atoms with E-state index in [9.17, 15) is 8.78 Å². The van der Waals surface area contributed by atoms with E-state index in [-0.39, 0.29) is 5.57 Å². The number of hydrogen-bond acceptors (Lipinski definition) is 2. The summed E-state index contributed by atoms with van der Waals surface area (Å²) in [6.07, 6.45) is -0.177. The Bertz CT molecular complexity index is 174. The summed E-state index contributed by atoms with van der Waals surface area (Å²) in [4.78, 5) is 0. The van der Waals surface area contributed by atoms with Crippen molar-refractivity contribution in [2.24, 2.45) is 0 Å². The summed E-state index contributed by atoms with van der Waals surface area (Å²) in [5.41, 5.74) is -0.0741. The van der Waals surface area contributed by atoms with Gasteiger partial charge in [-0.2, -0.15) is 0 Å². The van der Waals surface area contributed by atoms with Crippen LogP contribution in [0.3, 0.4) is 0 Å². The molecule has 0 aromatic rings. The fourth-order valence-corrected chi connectivity index (χ4v) is 0.817. The minimum absolute atomic E-state index is 0.0741. The smallest absolute Gasteiger partial charge is 0.259 e. The van der Waals surface area contributed by atoms with E-state index in [4.69, 9.17) is 9.47 Å². The molecule has 0 radical (unpaired) electrons. The van der Waals surface area contributed by atoms with Gasteiger partial charge in [0.15, 0.2) is 0 Å². The van der Waals surface area contributed by atoms with Crippen LogP contribution in [0.5, 0.6) is 0 Å². The van der Waals surface area contributed by atoms with E-state index < -0.39 is 6.43 Å². The third-order valence-electron chi connectivity index (χ3n) is 1.88. The van der Waals surface area contributed by atoms with Crippen LogP contribution in [-0.4, -0.2) is 31.8 Å². The molecule has 2 aliphatic heterocycles. The summed E-state index contributed by atoms with van der Waals surface area (Å²) in [7, 11) is 0. The van der Waals surface area contributed by atoms with Gasteiger partial charge in [0.1, 0.15) is 6.10 Å². The van der Waals surface area contributed by atoms with Crippen molar-refractivity contribution in [3.8, 4) is 0 Å². The Kier molecular flexibility index (Phi) is 3.81. The average Bonchev–Trinajstić information content (AvgIpc) is 2.68. The van der Waals surface area contributed by atoms with Crippen LogP contribution in [-0.2, 0) is 9.47 Å². The lowest BCUT2D eigenvalue weighted by Crippen LogP contribution is -2.31. The second kappa shape index (κ2) is 4.67. The number of alkyl halides is 2. The minimum Gasteiger partial charge on any atom is -0.375 e. The molecular weight excluding hydrogens is 178 g/mol. The number of epoxide rings is 1. The molecule has 0 aliphatic carbocycles. The van der Waals surface area contributed by atoms with Gasteiger partial charge in [-0.05, 0) is 18.9 Å². The maximum atomic E-state index is 11.1. The van der Waals surface area contributed by atoms with Gasteiger partial charge in [-0.15, -0.1) is 0 Å². The molecule has 2 unspecified atom stereocenters. The first kappa shape index (κ1) is 10.6. The summed E-state index contributed by atoms with van der Waals surface area (Å²) in [6.45, 7) is 6.19. The summed E-state index contributed by atoms with van der Waals surface area (Å²) in [5, 5.41) is 0. The lowest BCUT2D eigenvalue weighted by atomic mass is 10.1. The van der Waals surface area contributed by atoms with Gasteiger partial charge in [0.25, 0.3) is 6.43 Å². The normalized spacial score (nSPS) is 30.2. The number of hydrogen-bond donors (Lipinski definition) is 0. The monoisotopic (exact) mass is 192 g/mol. The fourth-order valence-electron chi connectivity index (χ4n) is 0.817. The van der Waals surface area contributed by atoms with Crippen LogP contribution in [0.1, 0.15) is 13.3 Å². The predicted molar refractivity (Wildman–Crippen MR) is 44.9 cm³/mol. The molecule has 0 N–H and O–H groups in total. The molecule has 2 saturated heterocycles. The number of ether oxygens (including phenoxy) is 2. The molecule has 2 nitrogen and oxygen atoms in total. The van der Waals surface area contributed by atoms with Crippen LogP contribution >= 0.6 is 0 Å². The zero-order valence-corrected chi connectivity index (χ0v) is 7.63. The molecule has 0 aromatic heterocycles. The molecule has 13 heavy (non-hydrogen) atoms. The molecule has 0 bridgehead atoms. The zero-order valence-electron chi connectivity index (χ0n) is 7.63. The Hall–Kier alpha value is -0.480. The molecule has 2 heterocycles. The third kappa shape index (κ3) is 3.83. The van der Waals surface area contributed by atoms with Crippen molar-refractivity contribution < 1.29 is 18.3 Å². The van der Waals surface area contributed by atoms with Crippen molar-refractivity contribution in [3.63, 3.8) is 0 Å². The highest BCUT2D eigenvalue weighted by Crippen LogP contribution is 2.25. The lowest BCUT2D eigenvalue weighted by Gasteiger charge is -2.23. The topological polar surface area (TPSA) is 21.8 Å². The molecule has 0 saturated carbocycles. The van der Waals surface area contributed by atoms with Gasteiger partial charge in [-0.1, -0.05) is 6.58 Å². The van der Waals surface area contributed by atoms with Crippen LogP contribution < -0.4 is 0 Å². The van der Waals surface area contributed by atoms with Crippen LogP contribution in [0, 0.1) is 0 Å². The van der Waals surface area contributed by atoms with Crippen LogP contribution in [0.4, 0.5) is 8.78 Å². The standard InChI is InChI=1S/C5H8O2.C4H6F2/c1-2-6-4(1)5-3-7-5;1-3(2)4(5)6/h4-5H,1-3H2;4H,1H2,2H3. The minimum atomic E-state index is -2.34. The van der Waals surface area contributed by atoms with E-state index in [1.54, 1.807) is 0 Å². The van der Waals surface area contributed by atoms with Crippen molar-refractivity contribution in [3.05, 3.63) is 12.2 Å². The Balaban J connectivity index is 0.000000133. The molecule has 2 atom stereocenters. The quantitative estimate of drug-likeness (QED) is 0.493. The molecule has 4 heteroatoms. The summed E-state index contributed by atoms with van der Waals surface area (Å²) in [6, 6.07) is 0. The second-order valence-corrected chi connectivity index (χ2v) is 3.22. The Morgan fingerprint density at radius 2 is 1.85 bits per heavy atom. The van der Waals surface area contributed by atoms with E-state index >= 15 is 0 Å². The van der Waals surface area contributed by atoms with Crippen molar-refractivity contribution >= 4 is 0 Å². The fraction of sp³-hybridized carbons (Fsp3) is 0.778. The Morgan fingerprint density at radius 3 is 1.92 bits per heavy atom. The molecule has 0 aromatic carbocycles. The Morgan fingerprint density at radius 1 is 1.38 bits per heavy atom. The van der Waals surface area contributed by atoms with Gasteiger partial charge >= 0.3 is 0 Å². The van der Waals surface area contributed by atoms with E-state index in [2.05, 4.69) is 6.58 Å². The molecule has 2 rings (SSSR count). The highest BCUT2D eigenvalue weighted by molar-refractivity contribution is 4.90. The maximum Gasteiger partial charge on any atom is 0.259 e. The maximum absolute atomic E-state index is 11.1. The van der Waals surface area contributed by atoms with Gasteiger partial charge in [0, 0.05) is 6.61 Å². The highest BCUT2D eigenvalue weighted by Gasteiger charge is 2.37.